The lowest BCUT2D eigenvalue weighted by molar-refractivity contribution is -0.0329. The fraction of sp³-hybridized carbons (Fsp3) is 1.00. The molecular formula is C14H31NO3. The van der Waals surface area contributed by atoms with Gasteiger partial charge >= 0.3 is 0 Å². The molecule has 0 aromatic rings. The van der Waals surface area contributed by atoms with Crippen LogP contribution in [0.1, 0.15) is 47.0 Å². The zero-order valence-electron chi connectivity index (χ0n) is 12.7. The van der Waals surface area contributed by atoms with Crippen molar-refractivity contribution in [2.45, 2.75) is 64.7 Å². The van der Waals surface area contributed by atoms with Crippen LogP contribution in [0.3, 0.4) is 0 Å². The van der Waals surface area contributed by atoms with Gasteiger partial charge in [-0.05, 0) is 26.2 Å². The molecule has 0 radical (unpaired) electrons. The van der Waals surface area contributed by atoms with Crippen molar-refractivity contribution in [3.05, 3.63) is 0 Å². The zero-order valence-corrected chi connectivity index (χ0v) is 12.7. The summed E-state index contributed by atoms with van der Waals surface area (Å²) in [5.74, 6) is 0. The van der Waals surface area contributed by atoms with Gasteiger partial charge in [0.15, 0.2) is 0 Å². The van der Waals surface area contributed by atoms with Crippen LogP contribution in [0.15, 0.2) is 0 Å². The Morgan fingerprint density at radius 3 is 2.11 bits per heavy atom. The van der Waals surface area contributed by atoms with Crippen molar-refractivity contribution in [1.82, 2.24) is 5.32 Å². The van der Waals surface area contributed by atoms with Crippen LogP contribution in [0, 0.1) is 0 Å². The van der Waals surface area contributed by atoms with Gasteiger partial charge in [-0.1, -0.05) is 20.8 Å². The first-order valence-corrected chi connectivity index (χ1v) is 7.07. The average Bonchev–Trinajstić information content (AvgIpc) is 2.39. The van der Waals surface area contributed by atoms with E-state index in [1.165, 1.54) is 0 Å². The van der Waals surface area contributed by atoms with E-state index in [-0.39, 0.29) is 11.6 Å². The largest absolute Gasteiger partial charge is 0.389 e. The number of methoxy groups -OCH3 is 1. The zero-order chi connectivity index (χ0) is 14.0. The van der Waals surface area contributed by atoms with E-state index in [1.807, 2.05) is 6.92 Å². The van der Waals surface area contributed by atoms with E-state index < -0.39 is 6.10 Å². The highest BCUT2D eigenvalue weighted by atomic mass is 16.5. The van der Waals surface area contributed by atoms with Crippen LogP contribution in [0.2, 0.25) is 0 Å². The maximum absolute atomic E-state index is 9.89. The predicted octanol–water partition coefficient (Wildman–Crippen LogP) is 1.96. The van der Waals surface area contributed by atoms with E-state index in [0.29, 0.717) is 19.8 Å². The van der Waals surface area contributed by atoms with Crippen molar-refractivity contribution in [2.75, 3.05) is 26.9 Å². The molecular weight excluding hydrogens is 230 g/mol. The minimum Gasteiger partial charge on any atom is -0.389 e. The Balaban J connectivity index is 3.90. The summed E-state index contributed by atoms with van der Waals surface area (Å²) in [5, 5.41) is 13.4. The van der Waals surface area contributed by atoms with Crippen LogP contribution < -0.4 is 5.32 Å². The van der Waals surface area contributed by atoms with Gasteiger partial charge in [0.05, 0.1) is 25.4 Å². The van der Waals surface area contributed by atoms with Gasteiger partial charge in [0.2, 0.25) is 0 Å². The number of aliphatic hydroxyl groups excluding tert-OH is 1. The number of hydrogen-bond donors (Lipinski definition) is 2. The topological polar surface area (TPSA) is 50.7 Å². The molecule has 0 bridgehead atoms. The number of nitrogens with one attached hydrogen (secondary N) is 1. The number of rotatable bonds is 11. The summed E-state index contributed by atoms with van der Waals surface area (Å²) in [5.41, 5.74) is 0.152. The maximum Gasteiger partial charge on any atom is 0.0898 e. The molecule has 110 valence electrons. The van der Waals surface area contributed by atoms with E-state index in [2.05, 4.69) is 26.1 Å². The van der Waals surface area contributed by atoms with E-state index >= 15 is 0 Å². The number of β-amino-alcohol motifs (C(OH)–C–C–N with tert-alkyl or cyclic N) is 1. The van der Waals surface area contributed by atoms with Gasteiger partial charge in [0.25, 0.3) is 0 Å². The van der Waals surface area contributed by atoms with Crippen molar-refractivity contribution < 1.29 is 14.6 Å². The SMILES string of the molecule is CCC(CC)(CC)NCC(O)COC(C)COC. The third-order valence-corrected chi connectivity index (χ3v) is 3.72. The minimum absolute atomic E-state index is 0.0259. The normalized spacial score (nSPS) is 15.7. The highest BCUT2D eigenvalue weighted by Crippen LogP contribution is 2.18. The summed E-state index contributed by atoms with van der Waals surface area (Å²) in [6.07, 6.45) is 2.79. The molecule has 0 rings (SSSR count). The Hall–Kier alpha value is -0.160. The lowest BCUT2D eigenvalue weighted by atomic mass is 9.89. The Kier molecular flexibility index (Phi) is 9.64. The smallest absolute Gasteiger partial charge is 0.0898 e. The molecule has 0 amide bonds. The molecule has 4 heteroatoms. The Morgan fingerprint density at radius 1 is 1.11 bits per heavy atom. The standard InChI is InChI=1S/C14H31NO3/c1-6-14(7-2,8-3)15-9-13(16)11-18-12(4)10-17-5/h12-13,15-16H,6-11H2,1-5H3. The maximum atomic E-state index is 9.89. The summed E-state index contributed by atoms with van der Waals surface area (Å²) in [6.45, 7) is 9.98. The summed E-state index contributed by atoms with van der Waals surface area (Å²) in [6, 6.07) is 0. The Morgan fingerprint density at radius 2 is 1.67 bits per heavy atom. The van der Waals surface area contributed by atoms with Crippen LogP contribution in [0.25, 0.3) is 0 Å². The minimum atomic E-state index is -0.465. The van der Waals surface area contributed by atoms with E-state index in [9.17, 15) is 5.11 Å². The molecule has 2 atom stereocenters. The average molecular weight is 261 g/mol. The molecule has 0 aliphatic rings. The van der Waals surface area contributed by atoms with Crippen LogP contribution in [-0.2, 0) is 9.47 Å². The molecule has 2 N–H and O–H groups in total. The molecule has 18 heavy (non-hydrogen) atoms. The van der Waals surface area contributed by atoms with Crippen molar-refractivity contribution in [3.63, 3.8) is 0 Å². The molecule has 0 fully saturated rings. The molecule has 0 heterocycles. The second-order valence-electron chi connectivity index (χ2n) is 4.98. The van der Waals surface area contributed by atoms with Crippen LogP contribution >= 0.6 is 0 Å². The van der Waals surface area contributed by atoms with Crippen molar-refractivity contribution >= 4 is 0 Å². The van der Waals surface area contributed by atoms with Gasteiger partial charge in [-0.25, -0.2) is 0 Å². The molecule has 2 unspecified atom stereocenters. The summed E-state index contributed by atoms with van der Waals surface area (Å²) in [4.78, 5) is 0. The highest BCUT2D eigenvalue weighted by molar-refractivity contribution is 4.84. The van der Waals surface area contributed by atoms with Gasteiger partial charge in [0.1, 0.15) is 0 Å². The van der Waals surface area contributed by atoms with E-state index in [1.54, 1.807) is 7.11 Å². The lowest BCUT2D eigenvalue weighted by Gasteiger charge is -2.33. The van der Waals surface area contributed by atoms with Gasteiger partial charge in [-0.3, -0.25) is 0 Å². The molecule has 0 aliphatic heterocycles. The van der Waals surface area contributed by atoms with Gasteiger partial charge in [-0.15, -0.1) is 0 Å². The third kappa shape index (κ3) is 6.69. The Bertz CT molecular complexity index is 187. The van der Waals surface area contributed by atoms with E-state index in [0.717, 1.165) is 19.3 Å². The first-order chi connectivity index (χ1) is 8.53. The van der Waals surface area contributed by atoms with E-state index in [4.69, 9.17) is 9.47 Å². The summed E-state index contributed by atoms with van der Waals surface area (Å²) < 4.78 is 10.5. The van der Waals surface area contributed by atoms with Gasteiger partial charge in [0, 0.05) is 19.2 Å². The molecule has 4 nitrogen and oxygen atoms in total. The number of aliphatic hydroxyl groups is 1. The van der Waals surface area contributed by atoms with Crippen molar-refractivity contribution in [1.29, 1.82) is 0 Å². The second kappa shape index (κ2) is 9.73. The van der Waals surface area contributed by atoms with Crippen LogP contribution in [0.5, 0.6) is 0 Å². The van der Waals surface area contributed by atoms with Crippen LogP contribution in [0.4, 0.5) is 0 Å². The van der Waals surface area contributed by atoms with Gasteiger partial charge < -0.3 is 19.9 Å². The summed E-state index contributed by atoms with van der Waals surface area (Å²) >= 11 is 0. The molecule has 0 aliphatic carbocycles. The highest BCUT2D eigenvalue weighted by Gasteiger charge is 2.23. The monoisotopic (exact) mass is 261 g/mol. The molecule has 0 saturated heterocycles. The first-order valence-electron chi connectivity index (χ1n) is 7.07. The van der Waals surface area contributed by atoms with Crippen molar-refractivity contribution in [2.24, 2.45) is 0 Å². The predicted molar refractivity (Wildman–Crippen MR) is 74.9 cm³/mol. The number of ether oxygens (including phenoxy) is 2. The Labute approximate surface area is 112 Å². The molecule has 0 saturated carbocycles. The van der Waals surface area contributed by atoms with Crippen molar-refractivity contribution in [3.8, 4) is 0 Å². The summed E-state index contributed by atoms with van der Waals surface area (Å²) in [7, 11) is 1.65. The van der Waals surface area contributed by atoms with Crippen LogP contribution in [-0.4, -0.2) is 49.7 Å². The fourth-order valence-corrected chi connectivity index (χ4v) is 2.08. The molecule has 0 spiro atoms. The molecule has 0 aromatic carbocycles. The number of hydrogen-bond acceptors (Lipinski definition) is 4. The van der Waals surface area contributed by atoms with Gasteiger partial charge in [-0.2, -0.15) is 0 Å². The first kappa shape index (κ1) is 17.8. The lowest BCUT2D eigenvalue weighted by Crippen LogP contribution is -2.47. The third-order valence-electron chi connectivity index (χ3n) is 3.72. The second-order valence-corrected chi connectivity index (χ2v) is 4.98. The quantitative estimate of drug-likeness (QED) is 0.597. The fourth-order valence-electron chi connectivity index (χ4n) is 2.08. The molecule has 0 aromatic heterocycles.